The molecule has 9 aromatic rings. The van der Waals surface area contributed by atoms with E-state index in [-0.39, 0.29) is 163 Å². The number of phenols is 1. The number of carboxylic acid groups (broad SMARTS) is 1. The molecule has 1 fully saturated rings. The second-order valence-electron chi connectivity index (χ2n) is 20.7. The standard InChI is InChI=1S/C22H23ClN2O3.C21H21ClN2O3.C13H15ClN2O.C9H9BrO2.C5H10O2.CH2O3.4CH4.2K.H/c1-3-4-13-25-14-12-19(24-25)18-15-17(23)10-11-20(18)28-21(22(26)27-2)16-8-6-5-7-9-16;1-2-3-12-24-13-11-18(23-24)17-14-16(22)9-10-19(17)27-20(21(25)26)15-7-5-4-6-8-15;1-2-3-7-16-8-6-12(15-16)11-9-10(14)4-5-13(11)17;1-12-9(11)8(10)7-5-3-2-4-6-7;1-6-5-3-2-4-7-5;2-1-4-3;;;;;;;/h5-12,14-15,21H,3-4,13H2,1-2H3;4-11,13-14,20H,2-3,12H2,1H3,(H,25,26);4-6,8-9,17H,2-3,7H2,1H3;2-6,8H,1H3;5H,2-4H2,1H3;1,3H;4*1H4;;;/q;;;;;;;;;;2*+1;-1/p-1. The first-order valence-electron chi connectivity index (χ1n) is 30.6. The van der Waals surface area contributed by atoms with Crippen LogP contribution in [0.1, 0.15) is 137 Å². The van der Waals surface area contributed by atoms with Crippen molar-refractivity contribution in [3.8, 4) is 51.0 Å². The van der Waals surface area contributed by atoms with E-state index in [1.54, 1.807) is 86.0 Å². The van der Waals surface area contributed by atoms with Gasteiger partial charge in [-0.15, -0.1) is 0 Å². The number of aliphatic carboxylic acids is 1. The van der Waals surface area contributed by atoms with Gasteiger partial charge in [-0.1, -0.05) is 211 Å². The largest absolute Gasteiger partial charge is 1.00 e. The Hall–Kier alpha value is -5.27. The molecule has 0 amide bonds. The summed E-state index contributed by atoms with van der Waals surface area (Å²) in [7, 11) is 4.40. The van der Waals surface area contributed by atoms with Crippen LogP contribution in [0, 0.1) is 0 Å². The maximum atomic E-state index is 12.4. The molecular formula is C75H96BrCl3K2N6O14. The van der Waals surface area contributed by atoms with Crippen LogP contribution in [0.2, 0.25) is 15.1 Å². The van der Waals surface area contributed by atoms with Crippen molar-refractivity contribution in [3.63, 3.8) is 0 Å². The number of carbonyl (C=O) groups excluding carboxylic acids is 3. The van der Waals surface area contributed by atoms with Crippen LogP contribution >= 0.6 is 50.7 Å². The van der Waals surface area contributed by atoms with Gasteiger partial charge in [0.2, 0.25) is 12.2 Å². The zero-order valence-electron chi connectivity index (χ0n) is 56.7. The van der Waals surface area contributed by atoms with Crippen LogP contribution in [0.25, 0.3) is 33.8 Å². The van der Waals surface area contributed by atoms with Gasteiger partial charge >= 0.3 is 121 Å². The van der Waals surface area contributed by atoms with Gasteiger partial charge in [-0.25, -0.2) is 9.59 Å². The summed E-state index contributed by atoms with van der Waals surface area (Å²) in [6, 6.07) is 48.6. The summed E-state index contributed by atoms with van der Waals surface area (Å²) in [5, 5.41) is 43.2. The predicted molar refractivity (Wildman–Crippen MR) is 395 cm³/mol. The molecule has 2 N–H and O–H groups in total. The van der Waals surface area contributed by atoms with Gasteiger partial charge in [0.15, 0.2) is 6.29 Å². The number of alkyl halides is 1. The first-order chi connectivity index (χ1) is 46.0. The Morgan fingerprint density at radius 2 is 0.950 bits per heavy atom. The Kier molecular flexibility index (Phi) is 53.5. The average molecular weight is 1570 g/mol. The first kappa shape index (κ1) is 97.8. The molecular weight excluding hydrogens is 1470 g/mol. The number of unbranched alkanes of at least 4 members (excludes halogenated alkanes) is 3. The minimum absolute atomic E-state index is 0. The Labute approximate surface area is 706 Å². The number of esters is 2. The SMILES string of the molecule is C.C.C.C.CCCCn1ccc(-c2cc(Cl)ccc2O)n1.CCCCn1ccc(-c2cc(Cl)ccc2OC(C(=O)O)c2ccccc2)n1.CCCCn1ccc(-c2cc(Cl)ccc2OC(C(=O)OC)c2ccccc2)n1.COC(=O)C(Br)c1ccccc1.COC1CCCO1.O=CO[O-].[H-].[K+].[K+]. The fraction of sp³-hybridized carbons (Fsp3) is 0.347. The van der Waals surface area contributed by atoms with E-state index in [1.807, 2.05) is 118 Å². The molecule has 4 atom stereocenters. The number of carboxylic acids is 1. The van der Waals surface area contributed by atoms with Crippen LogP contribution in [0.5, 0.6) is 17.2 Å². The molecule has 1 aliphatic heterocycles. The van der Waals surface area contributed by atoms with Gasteiger partial charge in [0.25, 0.3) is 6.47 Å². The molecule has 1 aliphatic rings. The number of nitrogens with zero attached hydrogens (tertiary/aromatic N) is 6. The van der Waals surface area contributed by atoms with Crippen molar-refractivity contribution in [3.05, 3.63) is 214 Å². The number of aromatic nitrogens is 6. The van der Waals surface area contributed by atoms with Gasteiger partial charge in [0.1, 0.15) is 22.1 Å². The number of aromatic hydroxyl groups is 1. The normalized spacial score (nSPS) is 12.1. The topological polar surface area (TPSA) is 250 Å². The molecule has 0 saturated carbocycles. The second-order valence-corrected chi connectivity index (χ2v) is 23.0. The number of aryl methyl sites for hydroxylation is 3. The number of ether oxygens (including phenoxy) is 6. The number of rotatable bonds is 24. The van der Waals surface area contributed by atoms with E-state index >= 15 is 0 Å². The molecule has 0 spiro atoms. The molecule has 20 nitrogen and oxygen atoms in total. The van der Waals surface area contributed by atoms with Gasteiger partial charge < -0.3 is 50.2 Å². The molecule has 0 bridgehead atoms. The van der Waals surface area contributed by atoms with Crippen LogP contribution in [-0.2, 0) is 62.6 Å². The smallest absolute Gasteiger partial charge is 1.00 e. The van der Waals surface area contributed by atoms with Crippen LogP contribution < -0.4 is 118 Å². The minimum Gasteiger partial charge on any atom is -1.00 e. The molecule has 4 heterocycles. The number of benzene rings is 6. The van der Waals surface area contributed by atoms with Crippen molar-refractivity contribution in [2.75, 3.05) is 27.9 Å². The van der Waals surface area contributed by atoms with Crippen molar-refractivity contribution in [1.29, 1.82) is 0 Å². The quantitative estimate of drug-likeness (QED) is 0.0142. The van der Waals surface area contributed by atoms with Crippen molar-refractivity contribution < 1.29 is 172 Å². The Morgan fingerprint density at radius 1 is 0.584 bits per heavy atom. The molecule has 3 aromatic heterocycles. The monoisotopic (exact) mass is 1570 g/mol. The second kappa shape index (κ2) is 55.3. The number of carbonyl (C=O) groups is 4. The minimum atomic E-state index is -1.12. The van der Waals surface area contributed by atoms with Gasteiger partial charge in [0, 0.05) is 101 Å². The van der Waals surface area contributed by atoms with Crippen LogP contribution in [0.15, 0.2) is 182 Å². The maximum Gasteiger partial charge on any atom is 1.00 e. The molecule has 0 aliphatic carbocycles. The van der Waals surface area contributed by atoms with Crippen molar-refractivity contribution in [1.82, 2.24) is 29.3 Å². The van der Waals surface area contributed by atoms with E-state index in [0.29, 0.717) is 54.5 Å². The zero-order valence-corrected chi connectivity index (χ0v) is 65.8. The number of methoxy groups -OCH3 is 3. The third kappa shape index (κ3) is 34.0. The third-order valence-corrected chi connectivity index (χ3v) is 15.4. The summed E-state index contributed by atoms with van der Waals surface area (Å²) >= 11 is 21.5. The van der Waals surface area contributed by atoms with Crippen molar-refractivity contribution in [2.24, 2.45) is 0 Å². The Balaban J connectivity index is -0.00000123. The predicted octanol–water partition coefficient (Wildman–Crippen LogP) is 12.4. The average Bonchev–Trinajstić information content (AvgIpc) is 1.51. The number of phenolic OH excluding ortho intramolecular Hbond substituents is 1. The van der Waals surface area contributed by atoms with Crippen LogP contribution in [-0.4, -0.2) is 98.2 Å². The van der Waals surface area contributed by atoms with Gasteiger partial charge in [0.05, 0.1) is 31.3 Å². The van der Waals surface area contributed by atoms with Gasteiger partial charge in [-0.3, -0.25) is 23.6 Å². The van der Waals surface area contributed by atoms with Crippen molar-refractivity contribution >= 4 is 75.1 Å². The summed E-state index contributed by atoms with van der Waals surface area (Å²) in [6.07, 6.45) is 12.6. The maximum absolute atomic E-state index is 12.4. The molecule has 26 heteroatoms. The summed E-state index contributed by atoms with van der Waals surface area (Å²) in [4.78, 5) is 46.1. The molecule has 0 radical (unpaired) electrons. The molecule has 6 aromatic carbocycles. The van der Waals surface area contributed by atoms with Gasteiger partial charge in [-0.2, -0.15) is 15.3 Å². The van der Waals surface area contributed by atoms with Crippen LogP contribution in [0.3, 0.4) is 0 Å². The molecule has 540 valence electrons. The van der Waals surface area contributed by atoms with E-state index in [9.17, 15) is 24.6 Å². The fourth-order valence-electron chi connectivity index (χ4n) is 8.90. The third-order valence-electron chi connectivity index (χ3n) is 13.8. The van der Waals surface area contributed by atoms with E-state index in [0.717, 1.165) is 100 Å². The zero-order chi connectivity index (χ0) is 68.9. The number of halogens is 4. The van der Waals surface area contributed by atoms with E-state index < -0.39 is 24.1 Å². The van der Waals surface area contributed by atoms with Gasteiger partial charge in [-0.05, 0) is 104 Å². The Morgan fingerprint density at radius 3 is 1.30 bits per heavy atom. The Bertz CT molecular complexity index is 3730. The number of hydrogen-bond acceptors (Lipinski definition) is 16. The summed E-state index contributed by atoms with van der Waals surface area (Å²) in [6.45, 7) is 9.69. The van der Waals surface area contributed by atoms with E-state index in [2.05, 4.69) is 61.6 Å². The fourth-order valence-corrected chi connectivity index (χ4v) is 9.91. The molecule has 101 heavy (non-hydrogen) atoms. The van der Waals surface area contributed by atoms with E-state index in [4.69, 9.17) is 68.5 Å². The molecule has 4 unspecified atom stereocenters. The molecule has 10 rings (SSSR count). The van der Waals surface area contributed by atoms with E-state index in [1.165, 1.54) is 14.2 Å². The number of hydrogen-bond donors (Lipinski definition) is 2. The summed E-state index contributed by atoms with van der Waals surface area (Å²) < 4.78 is 37.1. The van der Waals surface area contributed by atoms with Crippen LogP contribution in [0.4, 0.5) is 0 Å². The van der Waals surface area contributed by atoms with Crippen molar-refractivity contribution in [2.45, 2.75) is 145 Å². The summed E-state index contributed by atoms with van der Waals surface area (Å²) in [5.41, 5.74) is 6.44. The summed E-state index contributed by atoms with van der Waals surface area (Å²) in [5.74, 6) is -0.659. The molecule has 1 saturated heterocycles. The first-order valence-corrected chi connectivity index (χ1v) is 32.6.